The average Bonchev–Trinajstić information content (AvgIpc) is 2.75. The number of benzene rings is 3. The fraction of sp³-hybridized carbons (Fsp3) is 0.0909. The van der Waals surface area contributed by atoms with Gasteiger partial charge in [-0.05, 0) is 23.6 Å². The molecular formula is C22H17ClF2N4O. The third kappa shape index (κ3) is 3.97. The molecule has 1 aromatic heterocycles. The van der Waals surface area contributed by atoms with Gasteiger partial charge in [0.25, 0.3) is 5.56 Å². The van der Waals surface area contributed by atoms with E-state index in [-0.39, 0.29) is 10.7 Å². The van der Waals surface area contributed by atoms with Crippen LogP contribution in [0.25, 0.3) is 16.5 Å². The van der Waals surface area contributed by atoms with Crippen LogP contribution in [0.3, 0.4) is 0 Å². The SMILES string of the molecule is O=c1c(Cl)c(NCCNc2cccc3ccccc23)cnn1-c1ccc(F)cc1F. The summed E-state index contributed by atoms with van der Waals surface area (Å²) in [5.74, 6) is -1.65. The molecule has 0 amide bonds. The van der Waals surface area contributed by atoms with Gasteiger partial charge >= 0.3 is 0 Å². The molecule has 4 rings (SSSR count). The maximum atomic E-state index is 14.0. The zero-order chi connectivity index (χ0) is 21.1. The van der Waals surface area contributed by atoms with Crippen LogP contribution in [0.2, 0.25) is 5.02 Å². The third-order valence-electron chi connectivity index (χ3n) is 4.60. The highest BCUT2D eigenvalue weighted by atomic mass is 35.5. The Balaban J connectivity index is 1.45. The van der Waals surface area contributed by atoms with Crippen LogP contribution in [0, 0.1) is 11.6 Å². The van der Waals surface area contributed by atoms with E-state index in [4.69, 9.17) is 11.6 Å². The number of fused-ring (bicyclic) bond motifs is 1. The zero-order valence-electron chi connectivity index (χ0n) is 15.7. The lowest BCUT2D eigenvalue weighted by Gasteiger charge is -2.13. The lowest BCUT2D eigenvalue weighted by Crippen LogP contribution is -2.24. The third-order valence-corrected chi connectivity index (χ3v) is 4.97. The van der Waals surface area contributed by atoms with E-state index in [2.05, 4.69) is 15.7 Å². The van der Waals surface area contributed by atoms with E-state index >= 15 is 0 Å². The standard InChI is InChI=1S/C22H17ClF2N4O/c23-21-19(13-28-29(22(21)30)20-9-8-15(24)12-17(20)25)27-11-10-26-18-7-3-5-14-4-1-2-6-16(14)18/h1-9,12-13,26-27H,10-11H2. The number of halogens is 3. The molecule has 0 bridgehead atoms. The Labute approximate surface area is 175 Å². The van der Waals surface area contributed by atoms with E-state index in [1.807, 2.05) is 42.5 Å². The summed E-state index contributed by atoms with van der Waals surface area (Å²) in [6, 6.07) is 16.9. The van der Waals surface area contributed by atoms with E-state index < -0.39 is 17.2 Å². The molecule has 30 heavy (non-hydrogen) atoms. The van der Waals surface area contributed by atoms with Crippen molar-refractivity contribution in [2.75, 3.05) is 23.7 Å². The quantitative estimate of drug-likeness (QED) is 0.433. The molecule has 4 aromatic rings. The summed E-state index contributed by atoms with van der Waals surface area (Å²) in [5, 5.41) is 12.5. The second kappa shape index (κ2) is 8.51. The highest BCUT2D eigenvalue weighted by Gasteiger charge is 2.14. The number of rotatable bonds is 6. The summed E-state index contributed by atoms with van der Waals surface area (Å²) in [7, 11) is 0. The average molecular weight is 427 g/mol. The summed E-state index contributed by atoms with van der Waals surface area (Å²) in [6.07, 6.45) is 1.34. The molecule has 0 aliphatic carbocycles. The van der Waals surface area contributed by atoms with Crippen LogP contribution in [0.5, 0.6) is 0 Å². The number of hydrogen-bond donors (Lipinski definition) is 2. The predicted molar refractivity (Wildman–Crippen MR) is 116 cm³/mol. The molecule has 0 saturated carbocycles. The molecule has 0 unspecified atom stereocenters. The normalized spacial score (nSPS) is 10.9. The number of nitrogens with zero attached hydrogens (tertiary/aromatic N) is 2. The topological polar surface area (TPSA) is 59.0 Å². The molecule has 152 valence electrons. The molecule has 2 N–H and O–H groups in total. The Hall–Kier alpha value is -3.45. The molecule has 8 heteroatoms. The largest absolute Gasteiger partial charge is 0.383 e. The minimum atomic E-state index is -0.902. The summed E-state index contributed by atoms with van der Waals surface area (Å²) >= 11 is 6.15. The van der Waals surface area contributed by atoms with Crippen molar-refractivity contribution in [3.05, 3.63) is 93.9 Å². The molecule has 0 atom stereocenters. The van der Waals surface area contributed by atoms with Crippen molar-refractivity contribution in [3.63, 3.8) is 0 Å². The second-order valence-electron chi connectivity index (χ2n) is 6.57. The molecule has 0 aliphatic rings. The number of nitrogens with one attached hydrogen (secondary N) is 2. The van der Waals surface area contributed by atoms with Crippen LogP contribution in [-0.4, -0.2) is 22.9 Å². The van der Waals surface area contributed by atoms with Gasteiger partial charge in [0.15, 0.2) is 5.82 Å². The van der Waals surface area contributed by atoms with E-state index in [1.54, 1.807) is 0 Å². The molecule has 0 spiro atoms. The monoisotopic (exact) mass is 426 g/mol. The first-order chi connectivity index (χ1) is 14.5. The van der Waals surface area contributed by atoms with Crippen LogP contribution in [0.15, 0.2) is 71.7 Å². The first-order valence-corrected chi connectivity index (χ1v) is 9.61. The first kappa shape index (κ1) is 19.8. The predicted octanol–water partition coefficient (Wildman–Crippen LogP) is 4.84. The molecule has 0 fully saturated rings. The Morgan fingerprint density at radius 3 is 2.47 bits per heavy atom. The van der Waals surface area contributed by atoms with Crippen LogP contribution >= 0.6 is 11.6 Å². The maximum absolute atomic E-state index is 14.0. The number of aromatic nitrogens is 2. The molecule has 5 nitrogen and oxygen atoms in total. The smallest absolute Gasteiger partial charge is 0.292 e. The van der Waals surface area contributed by atoms with Gasteiger partial charge in [-0.25, -0.2) is 8.78 Å². The summed E-state index contributed by atoms with van der Waals surface area (Å²) < 4.78 is 27.9. The minimum Gasteiger partial charge on any atom is -0.383 e. The number of hydrogen-bond acceptors (Lipinski definition) is 4. The van der Waals surface area contributed by atoms with E-state index in [1.165, 1.54) is 6.20 Å². The molecular weight excluding hydrogens is 410 g/mol. The maximum Gasteiger partial charge on any atom is 0.292 e. The van der Waals surface area contributed by atoms with Crippen molar-refractivity contribution in [1.82, 2.24) is 9.78 Å². The number of anilines is 2. The summed E-state index contributed by atoms with van der Waals surface area (Å²) in [4.78, 5) is 12.5. The minimum absolute atomic E-state index is 0.126. The van der Waals surface area contributed by atoms with Gasteiger partial charge in [-0.15, -0.1) is 0 Å². The van der Waals surface area contributed by atoms with Gasteiger partial charge in [-0.1, -0.05) is 48.0 Å². The van der Waals surface area contributed by atoms with Gasteiger partial charge < -0.3 is 10.6 Å². The lowest BCUT2D eigenvalue weighted by molar-refractivity contribution is 0.571. The second-order valence-corrected chi connectivity index (χ2v) is 6.94. The van der Waals surface area contributed by atoms with Gasteiger partial charge in [0, 0.05) is 30.2 Å². The first-order valence-electron chi connectivity index (χ1n) is 9.23. The molecule has 0 radical (unpaired) electrons. The highest BCUT2D eigenvalue weighted by Crippen LogP contribution is 2.23. The molecule has 3 aromatic carbocycles. The van der Waals surface area contributed by atoms with Crippen molar-refractivity contribution in [1.29, 1.82) is 0 Å². The Bertz CT molecular complexity index is 1270. The van der Waals surface area contributed by atoms with Crippen molar-refractivity contribution in [2.24, 2.45) is 0 Å². The van der Waals surface area contributed by atoms with Crippen molar-refractivity contribution in [2.45, 2.75) is 0 Å². The summed E-state index contributed by atoms with van der Waals surface area (Å²) in [5.41, 5.74) is 0.461. The summed E-state index contributed by atoms with van der Waals surface area (Å²) in [6.45, 7) is 1.04. The molecule has 1 heterocycles. The van der Waals surface area contributed by atoms with Gasteiger partial charge in [0.1, 0.15) is 16.5 Å². The zero-order valence-corrected chi connectivity index (χ0v) is 16.5. The van der Waals surface area contributed by atoms with E-state index in [0.717, 1.165) is 33.3 Å². The highest BCUT2D eigenvalue weighted by molar-refractivity contribution is 6.32. The van der Waals surface area contributed by atoms with Crippen LogP contribution in [0.1, 0.15) is 0 Å². The van der Waals surface area contributed by atoms with Crippen LogP contribution in [0.4, 0.5) is 20.2 Å². The van der Waals surface area contributed by atoms with Gasteiger partial charge in [-0.3, -0.25) is 4.79 Å². The van der Waals surface area contributed by atoms with E-state index in [0.29, 0.717) is 24.8 Å². The Morgan fingerprint density at radius 2 is 1.67 bits per heavy atom. The van der Waals surface area contributed by atoms with E-state index in [9.17, 15) is 13.6 Å². The Morgan fingerprint density at radius 1 is 0.933 bits per heavy atom. The van der Waals surface area contributed by atoms with Crippen LogP contribution in [-0.2, 0) is 0 Å². The van der Waals surface area contributed by atoms with Gasteiger partial charge in [0.05, 0.1) is 11.9 Å². The van der Waals surface area contributed by atoms with Gasteiger partial charge in [0.2, 0.25) is 0 Å². The molecule has 0 saturated heterocycles. The Kier molecular flexibility index (Phi) is 5.63. The van der Waals surface area contributed by atoms with Crippen molar-refractivity contribution < 1.29 is 8.78 Å². The van der Waals surface area contributed by atoms with Crippen molar-refractivity contribution in [3.8, 4) is 5.69 Å². The fourth-order valence-electron chi connectivity index (χ4n) is 3.15. The van der Waals surface area contributed by atoms with Gasteiger partial charge in [-0.2, -0.15) is 9.78 Å². The lowest BCUT2D eigenvalue weighted by atomic mass is 10.1. The molecule has 0 aliphatic heterocycles. The van der Waals surface area contributed by atoms with Crippen molar-refractivity contribution >= 4 is 33.7 Å². The van der Waals surface area contributed by atoms with Crippen LogP contribution < -0.4 is 16.2 Å². The fourth-order valence-corrected chi connectivity index (χ4v) is 3.35.